The van der Waals surface area contributed by atoms with Crippen LogP contribution in [-0.2, 0) is 0 Å². The van der Waals surface area contributed by atoms with E-state index < -0.39 is 0 Å². The summed E-state index contributed by atoms with van der Waals surface area (Å²) in [5, 5.41) is 0. The van der Waals surface area contributed by atoms with Gasteiger partial charge in [0.25, 0.3) is 0 Å². The monoisotopic (exact) mass is 229 g/mol. The third kappa shape index (κ3) is 2.72. The van der Waals surface area contributed by atoms with Crippen molar-refractivity contribution >= 4 is 5.82 Å². The normalized spacial score (nSPS) is 10.5. The van der Waals surface area contributed by atoms with Crippen molar-refractivity contribution in [3.05, 3.63) is 42.1 Å². The van der Waals surface area contributed by atoms with Crippen molar-refractivity contribution < 1.29 is 4.74 Å². The van der Waals surface area contributed by atoms with Gasteiger partial charge in [0.05, 0.1) is 0 Å². The second-order valence-electron chi connectivity index (χ2n) is 4.06. The Labute approximate surface area is 100 Å². The molecule has 17 heavy (non-hydrogen) atoms. The number of rotatable bonds is 3. The lowest BCUT2D eigenvalue weighted by Gasteiger charge is -2.12. The minimum Gasteiger partial charge on any atom is -0.424 e. The van der Waals surface area contributed by atoms with Gasteiger partial charge in [0, 0.05) is 6.20 Å². The Morgan fingerprint density at radius 3 is 2.65 bits per heavy atom. The average molecular weight is 229 g/mol. The molecule has 0 saturated heterocycles. The van der Waals surface area contributed by atoms with E-state index in [1.54, 1.807) is 12.3 Å². The van der Waals surface area contributed by atoms with Crippen molar-refractivity contribution in [3.63, 3.8) is 0 Å². The Balaban J connectivity index is 2.30. The van der Waals surface area contributed by atoms with Crippen molar-refractivity contribution in [2.24, 2.45) is 0 Å². The molecule has 0 atom stereocenters. The minimum atomic E-state index is 0.276. The summed E-state index contributed by atoms with van der Waals surface area (Å²) in [7, 11) is 0. The predicted octanol–water partition coefficient (Wildman–Crippen LogP) is 2.97. The zero-order chi connectivity index (χ0) is 12.3. The van der Waals surface area contributed by atoms with Crippen LogP contribution in [0.3, 0.4) is 0 Å². The number of para-hydroxylation sites is 1. The van der Waals surface area contributed by atoms with Crippen LogP contribution < -0.4 is 10.5 Å². The molecule has 0 aliphatic carbocycles. The topological polar surface area (TPSA) is 61.0 Å². The number of hydrogen-bond acceptors (Lipinski definition) is 4. The molecule has 2 aromatic rings. The number of aromatic nitrogens is 2. The molecule has 0 aliphatic heterocycles. The largest absolute Gasteiger partial charge is 0.424 e. The van der Waals surface area contributed by atoms with Crippen molar-refractivity contribution in [3.8, 4) is 11.8 Å². The summed E-state index contributed by atoms with van der Waals surface area (Å²) < 4.78 is 5.65. The zero-order valence-corrected chi connectivity index (χ0v) is 9.92. The fraction of sp³-hybridized carbons (Fsp3) is 0.231. The highest BCUT2D eigenvalue weighted by atomic mass is 16.5. The van der Waals surface area contributed by atoms with E-state index in [0.717, 1.165) is 11.3 Å². The Kier molecular flexibility index (Phi) is 3.23. The van der Waals surface area contributed by atoms with Gasteiger partial charge in [-0.3, -0.25) is 0 Å². The van der Waals surface area contributed by atoms with E-state index >= 15 is 0 Å². The van der Waals surface area contributed by atoms with Crippen LogP contribution in [0.15, 0.2) is 36.5 Å². The lowest BCUT2D eigenvalue weighted by atomic mass is 10.0. The van der Waals surface area contributed by atoms with Crippen LogP contribution in [0.5, 0.6) is 11.8 Å². The molecule has 4 nitrogen and oxygen atoms in total. The maximum Gasteiger partial charge on any atom is 0.323 e. The number of benzene rings is 1. The van der Waals surface area contributed by atoms with Gasteiger partial charge in [0.1, 0.15) is 11.6 Å². The summed E-state index contributed by atoms with van der Waals surface area (Å²) in [4.78, 5) is 8.04. The number of nitrogen functional groups attached to an aromatic ring is 1. The van der Waals surface area contributed by atoms with Gasteiger partial charge < -0.3 is 10.5 Å². The molecule has 4 heteroatoms. The van der Waals surface area contributed by atoms with E-state index in [9.17, 15) is 0 Å². The molecule has 0 unspecified atom stereocenters. The summed E-state index contributed by atoms with van der Waals surface area (Å²) in [5.74, 6) is 1.55. The average Bonchev–Trinajstić information content (AvgIpc) is 2.29. The first kappa shape index (κ1) is 11.4. The molecular formula is C13H15N3O. The Bertz CT molecular complexity index is 512. The van der Waals surface area contributed by atoms with Crippen molar-refractivity contribution in [2.45, 2.75) is 19.8 Å². The van der Waals surface area contributed by atoms with Gasteiger partial charge in [0.2, 0.25) is 0 Å². The van der Waals surface area contributed by atoms with Crippen LogP contribution in [0.2, 0.25) is 0 Å². The summed E-state index contributed by atoms with van der Waals surface area (Å²) in [6.07, 6.45) is 1.58. The number of nitrogens with two attached hydrogens (primary N) is 1. The van der Waals surface area contributed by atoms with E-state index in [-0.39, 0.29) is 6.01 Å². The summed E-state index contributed by atoms with van der Waals surface area (Å²) >= 11 is 0. The first-order chi connectivity index (χ1) is 8.16. The molecule has 0 spiro atoms. The van der Waals surface area contributed by atoms with Crippen LogP contribution in [0.1, 0.15) is 25.3 Å². The van der Waals surface area contributed by atoms with Gasteiger partial charge in [-0.2, -0.15) is 4.98 Å². The molecule has 1 aromatic heterocycles. The molecule has 0 aliphatic rings. The number of anilines is 1. The maximum absolute atomic E-state index is 5.65. The highest BCUT2D eigenvalue weighted by Crippen LogP contribution is 2.28. The lowest BCUT2D eigenvalue weighted by molar-refractivity contribution is 0.435. The third-order valence-electron chi connectivity index (χ3n) is 2.40. The SMILES string of the molecule is CC(C)c1ccccc1Oc1nccc(N)n1. The van der Waals surface area contributed by atoms with Gasteiger partial charge in [0.15, 0.2) is 0 Å². The zero-order valence-electron chi connectivity index (χ0n) is 9.92. The molecule has 0 bridgehead atoms. The Morgan fingerprint density at radius 1 is 1.18 bits per heavy atom. The number of ether oxygens (including phenoxy) is 1. The van der Waals surface area contributed by atoms with Crippen LogP contribution in [0.25, 0.3) is 0 Å². The highest BCUT2D eigenvalue weighted by Gasteiger charge is 2.09. The van der Waals surface area contributed by atoms with Crippen LogP contribution in [0, 0.1) is 0 Å². The van der Waals surface area contributed by atoms with Crippen LogP contribution >= 0.6 is 0 Å². The summed E-state index contributed by atoms with van der Waals surface area (Å²) in [6, 6.07) is 9.75. The molecular weight excluding hydrogens is 214 g/mol. The van der Waals surface area contributed by atoms with Crippen molar-refractivity contribution in [1.82, 2.24) is 9.97 Å². The van der Waals surface area contributed by atoms with E-state index in [4.69, 9.17) is 10.5 Å². The van der Waals surface area contributed by atoms with Gasteiger partial charge in [-0.25, -0.2) is 4.98 Å². The maximum atomic E-state index is 5.65. The van der Waals surface area contributed by atoms with E-state index in [2.05, 4.69) is 23.8 Å². The van der Waals surface area contributed by atoms with Gasteiger partial charge in [-0.1, -0.05) is 32.0 Å². The predicted molar refractivity (Wildman–Crippen MR) is 67.0 cm³/mol. The first-order valence-corrected chi connectivity index (χ1v) is 5.52. The quantitative estimate of drug-likeness (QED) is 0.878. The second kappa shape index (κ2) is 4.82. The van der Waals surface area contributed by atoms with E-state index in [0.29, 0.717) is 11.7 Å². The van der Waals surface area contributed by atoms with Gasteiger partial charge in [-0.15, -0.1) is 0 Å². The van der Waals surface area contributed by atoms with Gasteiger partial charge in [-0.05, 0) is 23.6 Å². The van der Waals surface area contributed by atoms with Crippen molar-refractivity contribution in [2.75, 3.05) is 5.73 Å². The fourth-order valence-electron chi connectivity index (χ4n) is 1.55. The van der Waals surface area contributed by atoms with E-state index in [1.165, 1.54) is 0 Å². The number of nitrogens with zero attached hydrogens (tertiary/aromatic N) is 2. The molecule has 1 aromatic carbocycles. The fourth-order valence-corrected chi connectivity index (χ4v) is 1.55. The molecule has 0 saturated carbocycles. The molecule has 2 N–H and O–H groups in total. The Morgan fingerprint density at radius 2 is 1.94 bits per heavy atom. The highest BCUT2D eigenvalue weighted by molar-refractivity contribution is 5.38. The third-order valence-corrected chi connectivity index (χ3v) is 2.40. The molecule has 2 rings (SSSR count). The summed E-state index contributed by atoms with van der Waals surface area (Å²) in [6.45, 7) is 4.23. The minimum absolute atomic E-state index is 0.276. The summed E-state index contributed by atoms with van der Waals surface area (Å²) in [5.41, 5.74) is 6.70. The molecule has 0 fully saturated rings. The van der Waals surface area contributed by atoms with Crippen molar-refractivity contribution in [1.29, 1.82) is 0 Å². The Hall–Kier alpha value is -2.10. The second-order valence-corrected chi connectivity index (χ2v) is 4.06. The molecule has 0 radical (unpaired) electrons. The van der Waals surface area contributed by atoms with E-state index in [1.807, 2.05) is 24.3 Å². The van der Waals surface area contributed by atoms with Crippen LogP contribution in [-0.4, -0.2) is 9.97 Å². The standard InChI is InChI=1S/C13H15N3O/c1-9(2)10-5-3-4-6-11(10)17-13-15-8-7-12(14)16-13/h3-9H,1-2H3,(H2,14,15,16). The molecule has 0 amide bonds. The van der Waals surface area contributed by atoms with Gasteiger partial charge >= 0.3 is 6.01 Å². The number of hydrogen-bond donors (Lipinski definition) is 1. The molecule has 1 heterocycles. The molecule has 88 valence electrons. The van der Waals surface area contributed by atoms with Crippen LogP contribution in [0.4, 0.5) is 5.82 Å². The first-order valence-electron chi connectivity index (χ1n) is 5.52. The smallest absolute Gasteiger partial charge is 0.323 e. The lowest BCUT2D eigenvalue weighted by Crippen LogP contribution is -1.98.